The highest BCUT2D eigenvalue weighted by atomic mass is 16.2. The van der Waals surface area contributed by atoms with Gasteiger partial charge in [-0.1, -0.05) is 0 Å². The number of hydrogen-bond donors (Lipinski definition) is 1. The molecular weight excluding hydrogens is 182 g/mol. The van der Waals surface area contributed by atoms with Gasteiger partial charge in [0.15, 0.2) is 0 Å². The van der Waals surface area contributed by atoms with E-state index in [1.54, 1.807) is 7.05 Å². The van der Waals surface area contributed by atoms with Crippen LogP contribution in [0.1, 0.15) is 12.1 Å². The van der Waals surface area contributed by atoms with Gasteiger partial charge in [0.25, 0.3) is 5.56 Å². The summed E-state index contributed by atoms with van der Waals surface area (Å²) in [6.07, 6.45) is 1.44. The number of nitrogens with two attached hydrogens (primary N) is 1. The third-order valence-electron chi connectivity index (χ3n) is 2.26. The number of hydrogen-bond acceptors (Lipinski definition) is 3. The molecule has 0 radical (unpaired) electrons. The summed E-state index contributed by atoms with van der Waals surface area (Å²) in [6, 6.07) is 1.48. The fourth-order valence-corrected chi connectivity index (χ4v) is 1.30. The third kappa shape index (κ3) is 1.93. The van der Waals surface area contributed by atoms with Crippen LogP contribution in [0.25, 0.3) is 0 Å². The van der Waals surface area contributed by atoms with Crippen LogP contribution in [0, 0.1) is 0 Å². The summed E-state index contributed by atoms with van der Waals surface area (Å²) in [5.41, 5.74) is 5.55. The molecule has 0 amide bonds. The van der Waals surface area contributed by atoms with E-state index in [-0.39, 0.29) is 11.2 Å². The van der Waals surface area contributed by atoms with Gasteiger partial charge in [-0.25, -0.2) is 4.79 Å². The number of nitrogens with zero attached hydrogens (tertiary/aromatic N) is 2. The van der Waals surface area contributed by atoms with Gasteiger partial charge < -0.3 is 10.3 Å². The molecule has 1 heterocycles. The zero-order valence-corrected chi connectivity index (χ0v) is 8.49. The zero-order chi connectivity index (χ0) is 10.7. The highest BCUT2D eigenvalue weighted by molar-refractivity contribution is 5.02. The zero-order valence-electron chi connectivity index (χ0n) is 8.49. The maximum absolute atomic E-state index is 11.5. The third-order valence-corrected chi connectivity index (χ3v) is 2.26. The Hall–Kier alpha value is -1.36. The van der Waals surface area contributed by atoms with Gasteiger partial charge in [0.2, 0.25) is 0 Å². The van der Waals surface area contributed by atoms with E-state index in [1.165, 1.54) is 17.7 Å². The summed E-state index contributed by atoms with van der Waals surface area (Å²) < 4.78 is 2.57. The molecule has 0 spiro atoms. The second-order valence-electron chi connectivity index (χ2n) is 3.27. The highest BCUT2D eigenvalue weighted by Gasteiger charge is 2.04. The van der Waals surface area contributed by atoms with Gasteiger partial charge >= 0.3 is 5.69 Å². The molecule has 0 atom stereocenters. The van der Waals surface area contributed by atoms with Crippen molar-refractivity contribution in [3.05, 3.63) is 32.6 Å². The lowest BCUT2D eigenvalue weighted by Crippen LogP contribution is -2.38. The van der Waals surface area contributed by atoms with E-state index in [9.17, 15) is 9.59 Å². The van der Waals surface area contributed by atoms with Gasteiger partial charge in [0, 0.05) is 25.9 Å². The monoisotopic (exact) mass is 197 g/mol. The van der Waals surface area contributed by atoms with Gasteiger partial charge in [-0.3, -0.25) is 9.36 Å². The molecule has 1 aromatic rings. The van der Waals surface area contributed by atoms with Crippen LogP contribution in [0.5, 0.6) is 0 Å². The first kappa shape index (κ1) is 10.7. The minimum atomic E-state index is -0.287. The lowest BCUT2D eigenvalue weighted by Gasteiger charge is -2.08. The van der Waals surface area contributed by atoms with Crippen molar-refractivity contribution in [3.8, 4) is 0 Å². The first-order valence-electron chi connectivity index (χ1n) is 4.54. The Morgan fingerprint density at radius 1 is 1.29 bits per heavy atom. The van der Waals surface area contributed by atoms with E-state index in [2.05, 4.69) is 0 Å². The second-order valence-corrected chi connectivity index (χ2v) is 3.27. The molecular formula is C9H15N3O2. The normalized spacial score (nSPS) is 10.5. The van der Waals surface area contributed by atoms with E-state index in [1.807, 2.05) is 0 Å². The molecule has 5 nitrogen and oxygen atoms in total. The maximum Gasteiger partial charge on any atom is 0.330 e. The summed E-state index contributed by atoms with van der Waals surface area (Å²) in [5, 5.41) is 0. The molecule has 5 heteroatoms. The largest absolute Gasteiger partial charge is 0.330 e. The van der Waals surface area contributed by atoms with Crippen molar-refractivity contribution in [2.45, 2.75) is 12.8 Å². The summed E-state index contributed by atoms with van der Waals surface area (Å²) in [4.78, 5) is 22.8. The van der Waals surface area contributed by atoms with Crippen molar-refractivity contribution in [1.82, 2.24) is 9.13 Å². The first-order valence-corrected chi connectivity index (χ1v) is 4.54. The number of aromatic nitrogens is 2. The van der Waals surface area contributed by atoms with Crippen LogP contribution < -0.4 is 17.0 Å². The topological polar surface area (TPSA) is 70.0 Å². The predicted octanol–water partition coefficient (Wildman–Crippen LogP) is -1.02. The smallest absolute Gasteiger partial charge is 0.330 e. The molecule has 0 unspecified atom stereocenters. The molecule has 1 rings (SSSR count). The quantitative estimate of drug-likeness (QED) is 0.674. The van der Waals surface area contributed by atoms with Gasteiger partial charge in [-0.2, -0.15) is 0 Å². The lowest BCUT2D eigenvalue weighted by atomic mass is 10.2. The van der Waals surface area contributed by atoms with Gasteiger partial charge in [0.05, 0.1) is 0 Å². The molecule has 0 aliphatic heterocycles. The van der Waals surface area contributed by atoms with E-state index >= 15 is 0 Å². The average Bonchev–Trinajstić information content (AvgIpc) is 2.18. The standard InChI is InChI=1S/C9H15N3O2/c1-11-7(4-3-5-10)6-8(13)12(2)9(11)14/h6H,3-5,10H2,1-2H3. The van der Waals surface area contributed by atoms with Gasteiger partial charge in [-0.05, 0) is 19.4 Å². The Labute approximate surface area is 81.8 Å². The van der Waals surface area contributed by atoms with Gasteiger partial charge in [0.1, 0.15) is 0 Å². The van der Waals surface area contributed by atoms with E-state index < -0.39 is 0 Å². The fourth-order valence-electron chi connectivity index (χ4n) is 1.30. The molecule has 0 aromatic carbocycles. The fraction of sp³-hybridized carbons (Fsp3) is 0.556. The average molecular weight is 197 g/mol. The van der Waals surface area contributed by atoms with Crippen LogP contribution in [0.4, 0.5) is 0 Å². The van der Waals surface area contributed by atoms with Gasteiger partial charge in [-0.15, -0.1) is 0 Å². The number of aryl methyl sites for hydroxylation is 1. The van der Waals surface area contributed by atoms with Crippen LogP contribution in [-0.2, 0) is 20.5 Å². The molecule has 0 bridgehead atoms. The molecule has 0 aliphatic carbocycles. The highest BCUT2D eigenvalue weighted by Crippen LogP contribution is 1.94. The maximum atomic E-state index is 11.5. The molecule has 0 saturated carbocycles. The van der Waals surface area contributed by atoms with Crippen molar-refractivity contribution in [3.63, 3.8) is 0 Å². The minimum Gasteiger partial charge on any atom is -0.330 e. The van der Waals surface area contributed by atoms with E-state index in [0.29, 0.717) is 13.0 Å². The summed E-state index contributed by atoms with van der Waals surface area (Å²) in [5.74, 6) is 0. The van der Waals surface area contributed by atoms with Crippen LogP contribution in [-0.4, -0.2) is 15.7 Å². The molecule has 14 heavy (non-hydrogen) atoms. The lowest BCUT2D eigenvalue weighted by molar-refractivity contribution is 0.637. The van der Waals surface area contributed by atoms with E-state index in [0.717, 1.165) is 16.7 Å². The molecule has 0 aliphatic rings. The minimum absolute atomic E-state index is 0.264. The Bertz CT molecular complexity index is 431. The Morgan fingerprint density at radius 2 is 1.93 bits per heavy atom. The van der Waals surface area contributed by atoms with Crippen molar-refractivity contribution < 1.29 is 0 Å². The first-order chi connectivity index (χ1) is 6.57. The van der Waals surface area contributed by atoms with Crippen LogP contribution in [0.2, 0.25) is 0 Å². The van der Waals surface area contributed by atoms with Crippen molar-refractivity contribution in [1.29, 1.82) is 0 Å². The van der Waals surface area contributed by atoms with Crippen LogP contribution >= 0.6 is 0 Å². The van der Waals surface area contributed by atoms with Crippen LogP contribution in [0.3, 0.4) is 0 Å². The molecule has 78 valence electrons. The molecule has 0 fully saturated rings. The van der Waals surface area contributed by atoms with Crippen molar-refractivity contribution in [2.24, 2.45) is 19.8 Å². The van der Waals surface area contributed by atoms with Crippen molar-refractivity contribution in [2.75, 3.05) is 6.54 Å². The summed E-state index contributed by atoms with van der Waals surface area (Å²) in [6.45, 7) is 0.559. The van der Waals surface area contributed by atoms with Crippen molar-refractivity contribution >= 4 is 0 Å². The van der Waals surface area contributed by atoms with E-state index in [4.69, 9.17) is 5.73 Å². The SMILES string of the molecule is Cn1c(CCCN)cc(=O)n(C)c1=O. The Kier molecular flexibility index (Phi) is 3.24. The second kappa shape index (κ2) is 4.23. The molecule has 1 aromatic heterocycles. The Balaban J connectivity index is 3.20. The summed E-state index contributed by atoms with van der Waals surface area (Å²) in [7, 11) is 3.13. The summed E-state index contributed by atoms with van der Waals surface area (Å²) >= 11 is 0. The number of rotatable bonds is 3. The molecule has 0 saturated heterocycles. The van der Waals surface area contributed by atoms with Crippen LogP contribution in [0.15, 0.2) is 15.7 Å². The molecule has 2 N–H and O–H groups in total. The Morgan fingerprint density at radius 3 is 2.50 bits per heavy atom. The predicted molar refractivity (Wildman–Crippen MR) is 54.3 cm³/mol.